The predicted octanol–water partition coefficient (Wildman–Crippen LogP) is 4.28. The normalized spacial score (nSPS) is 16.2. The van der Waals surface area contributed by atoms with E-state index >= 15 is 0 Å². The second kappa shape index (κ2) is 10.2. The van der Waals surface area contributed by atoms with Crippen molar-refractivity contribution >= 4 is 12.1 Å². The predicted molar refractivity (Wildman–Crippen MR) is 94.9 cm³/mol. The topological polar surface area (TPSA) is 70.4 Å². The number of fused-ring (bicyclic) bond motifs is 1. The molecule has 0 atom stereocenters. The van der Waals surface area contributed by atoms with Crippen molar-refractivity contribution in [3.05, 3.63) is 17.0 Å². The number of hydrogen-bond donors (Lipinski definition) is 0. The van der Waals surface area contributed by atoms with Crippen LogP contribution in [-0.4, -0.2) is 35.1 Å². The molecule has 0 radical (unpaired) electrons. The van der Waals surface area contributed by atoms with Gasteiger partial charge in [-0.05, 0) is 39.5 Å². The van der Waals surface area contributed by atoms with Gasteiger partial charge in [0.2, 0.25) is 0 Å². The van der Waals surface area contributed by atoms with Crippen molar-refractivity contribution in [2.45, 2.75) is 78.1 Å². The highest BCUT2D eigenvalue weighted by molar-refractivity contribution is 5.93. The lowest BCUT2D eigenvalue weighted by atomic mass is 9.98. The Morgan fingerprint density at radius 2 is 1.44 bits per heavy atom. The molecule has 1 aliphatic carbocycles. The lowest BCUT2D eigenvalue weighted by Gasteiger charge is -2.09. The van der Waals surface area contributed by atoms with E-state index in [9.17, 15) is 9.59 Å². The van der Waals surface area contributed by atoms with E-state index in [1.807, 2.05) is 0 Å². The summed E-state index contributed by atoms with van der Waals surface area (Å²) in [5, 5.41) is 4.44. The van der Waals surface area contributed by atoms with Crippen LogP contribution in [0.5, 0.6) is 0 Å². The van der Waals surface area contributed by atoms with Gasteiger partial charge in [0.15, 0.2) is 5.69 Å². The number of aryl methyl sites for hydroxylation is 1. The monoisotopic (exact) mass is 350 g/mol. The van der Waals surface area contributed by atoms with Crippen molar-refractivity contribution in [3.63, 3.8) is 0 Å². The molecule has 0 saturated heterocycles. The lowest BCUT2D eigenvalue weighted by molar-refractivity contribution is 0.0507. The Balaban J connectivity index is 2.37. The van der Waals surface area contributed by atoms with E-state index in [2.05, 4.69) is 5.10 Å². The minimum absolute atomic E-state index is 0.242. The molecule has 1 heterocycles. The van der Waals surface area contributed by atoms with Gasteiger partial charge in [-0.2, -0.15) is 9.78 Å². The summed E-state index contributed by atoms with van der Waals surface area (Å²) in [5.41, 5.74) is 1.97. The second-order valence-corrected chi connectivity index (χ2v) is 6.43. The van der Waals surface area contributed by atoms with Crippen LogP contribution in [0.25, 0.3) is 0 Å². The van der Waals surface area contributed by atoms with Crippen molar-refractivity contribution < 1.29 is 19.1 Å². The molecule has 0 unspecified atom stereocenters. The van der Waals surface area contributed by atoms with E-state index in [1.54, 1.807) is 13.8 Å². The van der Waals surface area contributed by atoms with Gasteiger partial charge in [0.25, 0.3) is 0 Å². The van der Waals surface area contributed by atoms with Gasteiger partial charge < -0.3 is 9.47 Å². The van der Waals surface area contributed by atoms with Crippen LogP contribution in [0.4, 0.5) is 4.79 Å². The highest BCUT2D eigenvalue weighted by atomic mass is 16.6. The highest BCUT2D eigenvalue weighted by Crippen LogP contribution is 2.23. The molecule has 0 spiro atoms. The summed E-state index contributed by atoms with van der Waals surface area (Å²) >= 11 is 0. The van der Waals surface area contributed by atoms with Gasteiger partial charge in [-0.3, -0.25) is 0 Å². The zero-order valence-corrected chi connectivity index (χ0v) is 15.5. The molecule has 1 aliphatic rings. The summed E-state index contributed by atoms with van der Waals surface area (Å²) in [5.74, 6) is -0.489. The van der Waals surface area contributed by atoms with E-state index in [-0.39, 0.29) is 18.9 Å². The fraction of sp³-hybridized carbons (Fsp3) is 0.737. The van der Waals surface area contributed by atoms with Crippen molar-refractivity contribution in [1.82, 2.24) is 9.78 Å². The van der Waals surface area contributed by atoms with Crippen LogP contribution in [0.3, 0.4) is 0 Å². The molecule has 2 rings (SSSR count). The molecular weight excluding hydrogens is 320 g/mol. The third-order valence-electron chi connectivity index (χ3n) is 4.57. The Bertz CT molecular complexity index is 580. The Hall–Kier alpha value is -1.85. The molecule has 0 N–H and O–H groups in total. The minimum Gasteiger partial charge on any atom is -0.461 e. The van der Waals surface area contributed by atoms with Gasteiger partial charge in [0.05, 0.1) is 18.9 Å². The van der Waals surface area contributed by atoms with Crippen molar-refractivity contribution in [3.8, 4) is 0 Å². The average Bonchev–Trinajstić information content (AvgIpc) is 2.94. The molecule has 0 saturated carbocycles. The standard InChI is InChI=1S/C19H30N2O4/c1-3-24-18(22)17-15-13-11-9-7-5-6-8-10-12-14-16(15)20-21(17)19(23)25-4-2/h3-14H2,1-2H3. The van der Waals surface area contributed by atoms with E-state index in [0.717, 1.165) is 54.5 Å². The minimum atomic E-state index is -0.609. The fourth-order valence-corrected chi connectivity index (χ4v) is 3.34. The molecule has 0 aromatic carbocycles. The number of rotatable bonds is 3. The van der Waals surface area contributed by atoms with E-state index < -0.39 is 12.1 Å². The van der Waals surface area contributed by atoms with Crippen LogP contribution in [0.1, 0.15) is 87.0 Å². The maximum absolute atomic E-state index is 12.5. The zero-order valence-electron chi connectivity index (χ0n) is 15.5. The number of carbonyl (C=O) groups is 2. The SMILES string of the molecule is CCOC(=O)c1c2c(nn1C(=O)OCC)CCCCCCCCCC2. The zero-order chi connectivity index (χ0) is 18.1. The van der Waals surface area contributed by atoms with Crippen molar-refractivity contribution in [2.75, 3.05) is 13.2 Å². The third kappa shape index (κ3) is 5.31. The van der Waals surface area contributed by atoms with E-state index in [0.29, 0.717) is 0 Å². The second-order valence-electron chi connectivity index (χ2n) is 6.43. The summed E-state index contributed by atoms with van der Waals surface area (Å²) < 4.78 is 11.4. The van der Waals surface area contributed by atoms with E-state index in [1.165, 1.54) is 25.7 Å². The molecule has 140 valence electrons. The quantitative estimate of drug-likeness (QED) is 0.761. The number of esters is 1. The summed E-state index contributed by atoms with van der Waals surface area (Å²) in [6.45, 7) is 4.01. The first kappa shape index (κ1) is 19.5. The third-order valence-corrected chi connectivity index (χ3v) is 4.57. The van der Waals surface area contributed by atoms with Crippen molar-refractivity contribution in [1.29, 1.82) is 0 Å². The van der Waals surface area contributed by atoms with Gasteiger partial charge in [-0.25, -0.2) is 9.59 Å². The number of nitrogens with zero attached hydrogens (tertiary/aromatic N) is 2. The maximum atomic E-state index is 12.5. The first-order chi connectivity index (χ1) is 12.2. The molecule has 0 fully saturated rings. The summed E-state index contributed by atoms with van der Waals surface area (Å²) in [4.78, 5) is 24.8. The first-order valence-corrected chi connectivity index (χ1v) is 9.64. The Morgan fingerprint density at radius 3 is 2.04 bits per heavy atom. The highest BCUT2D eigenvalue weighted by Gasteiger charge is 2.28. The average molecular weight is 350 g/mol. The molecule has 25 heavy (non-hydrogen) atoms. The molecule has 1 aromatic rings. The largest absolute Gasteiger partial charge is 0.461 e. The molecule has 0 bridgehead atoms. The Kier molecular flexibility index (Phi) is 7.95. The van der Waals surface area contributed by atoms with Crippen LogP contribution < -0.4 is 0 Å². The van der Waals surface area contributed by atoms with Gasteiger partial charge in [-0.1, -0.05) is 38.5 Å². The number of carbonyl (C=O) groups excluding carboxylic acids is 2. The first-order valence-electron chi connectivity index (χ1n) is 9.64. The van der Waals surface area contributed by atoms with Crippen LogP contribution in [0.15, 0.2) is 0 Å². The van der Waals surface area contributed by atoms with Crippen LogP contribution in [0.2, 0.25) is 0 Å². The van der Waals surface area contributed by atoms with Gasteiger partial charge in [-0.15, -0.1) is 0 Å². The molecule has 6 heteroatoms. The van der Waals surface area contributed by atoms with Crippen LogP contribution in [-0.2, 0) is 22.3 Å². The van der Waals surface area contributed by atoms with Gasteiger partial charge in [0, 0.05) is 5.56 Å². The Labute approximate surface area is 149 Å². The summed E-state index contributed by atoms with van der Waals surface area (Å²) in [6, 6.07) is 0. The summed E-state index contributed by atoms with van der Waals surface area (Å²) in [6.07, 6.45) is 10.3. The number of aromatic nitrogens is 2. The molecule has 0 amide bonds. The molecular formula is C19H30N2O4. The smallest absolute Gasteiger partial charge is 0.435 e. The maximum Gasteiger partial charge on any atom is 0.435 e. The van der Waals surface area contributed by atoms with E-state index in [4.69, 9.17) is 9.47 Å². The van der Waals surface area contributed by atoms with Gasteiger partial charge >= 0.3 is 12.1 Å². The Morgan fingerprint density at radius 1 is 0.880 bits per heavy atom. The van der Waals surface area contributed by atoms with Crippen LogP contribution in [0, 0.1) is 0 Å². The molecule has 0 aliphatic heterocycles. The van der Waals surface area contributed by atoms with Crippen molar-refractivity contribution in [2.24, 2.45) is 0 Å². The number of ether oxygens (including phenoxy) is 2. The lowest BCUT2D eigenvalue weighted by Crippen LogP contribution is -2.22. The fourth-order valence-electron chi connectivity index (χ4n) is 3.34. The van der Waals surface area contributed by atoms with Gasteiger partial charge in [0.1, 0.15) is 0 Å². The number of hydrogen-bond acceptors (Lipinski definition) is 5. The molecule has 6 nitrogen and oxygen atoms in total. The van der Waals surface area contributed by atoms with Crippen LogP contribution >= 0.6 is 0 Å². The molecule has 1 aromatic heterocycles. The summed E-state index contributed by atoms with van der Waals surface area (Å²) in [7, 11) is 0.